The highest BCUT2D eigenvalue weighted by Crippen LogP contribution is 2.20. The Hall–Kier alpha value is -2.73. The van der Waals surface area contributed by atoms with Crippen molar-refractivity contribution in [2.45, 2.75) is 6.42 Å². The second kappa shape index (κ2) is 6.05. The van der Waals surface area contributed by atoms with Crippen LogP contribution < -0.4 is 5.73 Å². The molecule has 1 atom stereocenters. The van der Waals surface area contributed by atoms with Crippen LogP contribution >= 0.6 is 0 Å². The zero-order chi connectivity index (χ0) is 16.5. The van der Waals surface area contributed by atoms with Gasteiger partial charge in [0.05, 0.1) is 5.56 Å². The van der Waals surface area contributed by atoms with Crippen molar-refractivity contribution in [1.82, 2.24) is 19.4 Å². The van der Waals surface area contributed by atoms with Crippen LogP contribution in [0.5, 0.6) is 0 Å². The molecule has 1 amide bonds. The van der Waals surface area contributed by atoms with Crippen molar-refractivity contribution >= 4 is 17.1 Å². The second-order valence-electron chi connectivity index (χ2n) is 6.16. The van der Waals surface area contributed by atoms with E-state index in [1.807, 2.05) is 45.9 Å². The molecule has 1 saturated heterocycles. The van der Waals surface area contributed by atoms with E-state index in [2.05, 4.69) is 9.97 Å². The standard InChI is InChI=1S/C18H19N5O/c19-9-13-6-7-22(11-13)18(24)14-8-16-17(20-10-14)23(12-21-16)15-4-2-1-3-5-15/h1-5,8,10,12-13H,6-7,9,11,19H2. The molecule has 2 N–H and O–H groups in total. The molecule has 3 aromatic rings. The van der Waals surface area contributed by atoms with E-state index in [0.29, 0.717) is 18.0 Å². The maximum absolute atomic E-state index is 12.6. The summed E-state index contributed by atoms with van der Waals surface area (Å²) in [6.45, 7) is 2.12. The van der Waals surface area contributed by atoms with Crippen molar-refractivity contribution in [2.75, 3.05) is 19.6 Å². The molecule has 1 aliphatic rings. The molecule has 0 radical (unpaired) electrons. The average molecular weight is 321 g/mol. The van der Waals surface area contributed by atoms with Gasteiger partial charge in [0.25, 0.3) is 5.91 Å². The molecule has 122 valence electrons. The first-order valence-electron chi connectivity index (χ1n) is 8.14. The van der Waals surface area contributed by atoms with E-state index in [1.54, 1.807) is 12.5 Å². The molecule has 0 bridgehead atoms. The van der Waals surface area contributed by atoms with E-state index in [0.717, 1.165) is 36.4 Å². The van der Waals surface area contributed by atoms with E-state index < -0.39 is 0 Å². The Labute approximate surface area is 139 Å². The molecule has 3 heterocycles. The van der Waals surface area contributed by atoms with Gasteiger partial charge >= 0.3 is 0 Å². The van der Waals surface area contributed by atoms with E-state index in [4.69, 9.17) is 5.73 Å². The highest BCUT2D eigenvalue weighted by molar-refractivity contribution is 5.96. The van der Waals surface area contributed by atoms with Crippen molar-refractivity contribution in [2.24, 2.45) is 11.7 Å². The Morgan fingerprint density at radius 1 is 1.25 bits per heavy atom. The van der Waals surface area contributed by atoms with Gasteiger partial charge in [-0.25, -0.2) is 9.97 Å². The number of carbonyl (C=O) groups is 1. The van der Waals surface area contributed by atoms with Crippen LogP contribution in [0.2, 0.25) is 0 Å². The Morgan fingerprint density at radius 3 is 2.83 bits per heavy atom. The molecule has 24 heavy (non-hydrogen) atoms. The van der Waals surface area contributed by atoms with Crippen molar-refractivity contribution < 1.29 is 4.79 Å². The summed E-state index contributed by atoms with van der Waals surface area (Å²) in [5, 5.41) is 0. The van der Waals surface area contributed by atoms with Crippen molar-refractivity contribution in [3.63, 3.8) is 0 Å². The number of carbonyl (C=O) groups excluding carboxylic acids is 1. The van der Waals surface area contributed by atoms with Crippen molar-refractivity contribution in [3.8, 4) is 5.69 Å². The van der Waals surface area contributed by atoms with E-state index in [1.165, 1.54) is 0 Å². The van der Waals surface area contributed by atoms with Crippen LogP contribution in [0.1, 0.15) is 16.8 Å². The summed E-state index contributed by atoms with van der Waals surface area (Å²) in [5.41, 5.74) is 8.75. The number of rotatable bonds is 3. The van der Waals surface area contributed by atoms with Crippen LogP contribution in [0.3, 0.4) is 0 Å². The number of imidazole rings is 1. The molecule has 0 spiro atoms. The smallest absolute Gasteiger partial charge is 0.255 e. The maximum atomic E-state index is 12.6. The number of likely N-dealkylation sites (tertiary alicyclic amines) is 1. The fourth-order valence-corrected chi connectivity index (χ4v) is 3.19. The SMILES string of the molecule is NCC1CCN(C(=O)c2cnc3c(c2)ncn3-c2ccccc2)C1. The lowest BCUT2D eigenvalue weighted by Gasteiger charge is -2.16. The first kappa shape index (κ1) is 14.8. The van der Waals surface area contributed by atoms with Crippen LogP contribution in [0.4, 0.5) is 0 Å². The quantitative estimate of drug-likeness (QED) is 0.798. The summed E-state index contributed by atoms with van der Waals surface area (Å²) in [4.78, 5) is 23.4. The summed E-state index contributed by atoms with van der Waals surface area (Å²) in [5.74, 6) is 0.414. The Bertz CT molecular complexity index is 874. The summed E-state index contributed by atoms with van der Waals surface area (Å²) in [6, 6.07) is 11.7. The molecular weight excluding hydrogens is 302 g/mol. The second-order valence-corrected chi connectivity index (χ2v) is 6.16. The highest BCUT2D eigenvalue weighted by Gasteiger charge is 2.26. The number of aromatic nitrogens is 3. The van der Waals surface area contributed by atoms with E-state index in [9.17, 15) is 4.79 Å². The fraction of sp³-hybridized carbons (Fsp3) is 0.278. The number of benzene rings is 1. The van der Waals surface area contributed by atoms with Gasteiger partial charge in [-0.1, -0.05) is 18.2 Å². The van der Waals surface area contributed by atoms with Gasteiger partial charge in [0.2, 0.25) is 0 Å². The number of fused-ring (bicyclic) bond motifs is 1. The fourth-order valence-electron chi connectivity index (χ4n) is 3.19. The number of hydrogen-bond donors (Lipinski definition) is 1. The minimum Gasteiger partial charge on any atom is -0.338 e. The largest absolute Gasteiger partial charge is 0.338 e. The third-order valence-electron chi connectivity index (χ3n) is 4.58. The molecule has 4 rings (SSSR count). The predicted octanol–water partition coefficient (Wildman–Crippen LogP) is 1.84. The third kappa shape index (κ3) is 2.55. The topological polar surface area (TPSA) is 77.0 Å². The molecule has 0 saturated carbocycles. The number of para-hydroxylation sites is 1. The molecule has 1 aromatic carbocycles. The Kier molecular flexibility index (Phi) is 3.74. The van der Waals surface area contributed by atoms with Gasteiger partial charge in [0, 0.05) is 25.0 Å². The molecule has 0 aliphatic carbocycles. The van der Waals surface area contributed by atoms with Crippen LogP contribution in [0.15, 0.2) is 48.9 Å². The van der Waals surface area contributed by atoms with Gasteiger partial charge in [-0.15, -0.1) is 0 Å². The van der Waals surface area contributed by atoms with Crippen LogP contribution in [0, 0.1) is 5.92 Å². The summed E-state index contributed by atoms with van der Waals surface area (Å²) >= 11 is 0. The lowest BCUT2D eigenvalue weighted by Crippen LogP contribution is -2.29. The zero-order valence-corrected chi connectivity index (χ0v) is 13.3. The zero-order valence-electron chi connectivity index (χ0n) is 13.3. The number of nitrogens with two attached hydrogens (primary N) is 1. The number of hydrogen-bond acceptors (Lipinski definition) is 4. The first-order valence-corrected chi connectivity index (χ1v) is 8.14. The number of amides is 1. The molecule has 6 nitrogen and oxygen atoms in total. The Morgan fingerprint density at radius 2 is 2.08 bits per heavy atom. The van der Waals surface area contributed by atoms with Crippen molar-refractivity contribution in [3.05, 3.63) is 54.5 Å². The molecule has 1 aliphatic heterocycles. The van der Waals surface area contributed by atoms with Gasteiger partial charge in [-0.05, 0) is 37.1 Å². The summed E-state index contributed by atoms with van der Waals surface area (Å²) < 4.78 is 1.92. The number of pyridine rings is 1. The van der Waals surface area contributed by atoms with E-state index in [-0.39, 0.29) is 5.91 Å². The summed E-state index contributed by atoms with van der Waals surface area (Å²) in [6.07, 6.45) is 4.35. The van der Waals surface area contributed by atoms with E-state index >= 15 is 0 Å². The number of nitrogens with zero attached hydrogens (tertiary/aromatic N) is 4. The predicted molar refractivity (Wildman–Crippen MR) is 91.9 cm³/mol. The minimum atomic E-state index is 0.00890. The average Bonchev–Trinajstić information content (AvgIpc) is 3.28. The van der Waals surface area contributed by atoms with Crippen molar-refractivity contribution in [1.29, 1.82) is 0 Å². The lowest BCUT2D eigenvalue weighted by molar-refractivity contribution is 0.0787. The minimum absolute atomic E-state index is 0.00890. The molecule has 1 unspecified atom stereocenters. The normalized spacial score (nSPS) is 17.5. The Balaban J connectivity index is 1.64. The molecule has 2 aromatic heterocycles. The first-order chi connectivity index (χ1) is 11.8. The maximum Gasteiger partial charge on any atom is 0.255 e. The monoisotopic (exact) mass is 321 g/mol. The summed E-state index contributed by atoms with van der Waals surface area (Å²) in [7, 11) is 0. The van der Waals surface area contributed by atoms with Gasteiger partial charge in [0.15, 0.2) is 5.65 Å². The van der Waals surface area contributed by atoms with Gasteiger partial charge in [-0.2, -0.15) is 0 Å². The van der Waals surface area contributed by atoms with Gasteiger partial charge in [0.1, 0.15) is 11.8 Å². The molecule has 1 fully saturated rings. The third-order valence-corrected chi connectivity index (χ3v) is 4.58. The van der Waals surface area contributed by atoms with Crippen LogP contribution in [0.25, 0.3) is 16.9 Å². The molecular formula is C18H19N5O. The molecule has 6 heteroatoms. The van der Waals surface area contributed by atoms with Gasteiger partial charge in [-0.3, -0.25) is 9.36 Å². The van der Waals surface area contributed by atoms with Crippen LogP contribution in [-0.4, -0.2) is 45.0 Å². The van der Waals surface area contributed by atoms with Gasteiger partial charge < -0.3 is 10.6 Å². The highest BCUT2D eigenvalue weighted by atomic mass is 16.2. The van der Waals surface area contributed by atoms with Crippen LogP contribution in [-0.2, 0) is 0 Å². The lowest BCUT2D eigenvalue weighted by atomic mass is 10.1.